The number of rotatable bonds is 9. The standard InChI is InChI=1S/C24H23NO3S/c1-2-28-21-13-11-19(12-14-21)23(26)17-29-22-10-6-9-20(16-22)25-24(27)15-18-7-4-3-5-8-18/h3-14,16H,2,15,17H2,1H3,(H,25,27). The average molecular weight is 406 g/mol. The van der Waals surface area contributed by atoms with Gasteiger partial charge in [-0.25, -0.2) is 0 Å². The molecule has 3 aromatic carbocycles. The zero-order chi connectivity index (χ0) is 20.5. The first-order valence-electron chi connectivity index (χ1n) is 9.47. The van der Waals surface area contributed by atoms with E-state index in [0.717, 1.165) is 21.9 Å². The second kappa shape index (κ2) is 10.5. The summed E-state index contributed by atoms with van der Waals surface area (Å²) in [4.78, 5) is 25.6. The van der Waals surface area contributed by atoms with Gasteiger partial charge in [-0.2, -0.15) is 0 Å². The molecule has 0 atom stereocenters. The van der Waals surface area contributed by atoms with Crippen LogP contribution < -0.4 is 10.1 Å². The lowest BCUT2D eigenvalue weighted by molar-refractivity contribution is -0.115. The summed E-state index contributed by atoms with van der Waals surface area (Å²) in [5.41, 5.74) is 2.36. The van der Waals surface area contributed by atoms with E-state index < -0.39 is 0 Å². The van der Waals surface area contributed by atoms with Crippen molar-refractivity contribution in [2.45, 2.75) is 18.2 Å². The summed E-state index contributed by atoms with van der Waals surface area (Å²) in [6, 6.07) is 24.4. The van der Waals surface area contributed by atoms with Crippen LogP contribution in [0.1, 0.15) is 22.8 Å². The van der Waals surface area contributed by atoms with Gasteiger partial charge in [0.25, 0.3) is 0 Å². The molecule has 0 bridgehead atoms. The maximum absolute atomic E-state index is 12.4. The van der Waals surface area contributed by atoms with E-state index in [-0.39, 0.29) is 11.7 Å². The number of hydrogen-bond donors (Lipinski definition) is 1. The van der Waals surface area contributed by atoms with Gasteiger partial charge in [-0.3, -0.25) is 9.59 Å². The summed E-state index contributed by atoms with van der Waals surface area (Å²) < 4.78 is 5.40. The molecule has 0 saturated heterocycles. The minimum Gasteiger partial charge on any atom is -0.494 e. The smallest absolute Gasteiger partial charge is 0.228 e. The Bertz CT molecular complexity index is 955. The van der Waals surface area contributed by atoms with E-state index in [1.54, 1.807) is 12.1 Å². The molecule has 1 N–H and O–H groups in total. The Morgan fingerprint density at radius 1 is 0.931 bits per heavy atom. The third-order valence-corrected chi connectivity index (χ3v) is 5.18. The number of carbonyl (C=O) groups is 2. The molecule has 1 amide bonds. The van der Waals surface area contributed by atoms with E-state index in [1.807, 2.05) is 73.7 Å². The Labute approximate surface area is 175 Å². The Kier molecular flexibility index (Phi) is 7.47. The van der Waals surface area contributed by atoms with Crippen LogP contribution in [-0.4, -0.2) is 24.1 Å². The van der Waals surface area contributed by atoms with Crippen LogP contribution >= 0.6 is 11.8 Å². The zero-order valence-corrected chi connectivity index (χ0v) is 17.1. The van der Waals surface area contributed by atoms with Crippen LogP contribution in [-0.2, 0) is 11.2 Å². The van der Waals surface area contributed by atoms with Crippen molar-refractivity contribution >= 4 is 29.1 Å². The Morgan fingerprint density at radius 3 is 2.41 bits per heavy atom. The molecule has 0 saturated carbocycles. The molecule has 148 valence electrons. The lowest BCUT2D eigenvalue weighted by atomic mass is 10.1. The maximum Gasteiger partial charge on any atom is 0.228 e. The number of anilines is 1. The van der Waals surface area contributed by atoms with Crippen LogP contribution in [0.3, 0.4) is 0 Å². The predicted octanol–water partition coefficient (Wildman–Crippen LogP) is 5.24. The number of benzene rings is 3. The number of ether oxygens (including phenoxy) is 1. The van der Waals surface area contributed by atoms with Crippen LogP contribution in [0.25, 0.3) is 0 Å². The molecule has 0 heterocycles. The number of nitrogens with one attached hydrogen (secondary N) is 1. The largest absolute Gasteiger partial charge is 0.494 e. The van der Waals surface area contributed by atoms with Crippen LogP contribution in [0.4, 0.5) is 5.69 Å². The second-order valence-corrected chi connectivity index (χ2v) is 7.46. The lowest BCUT2D eigenvalue weighted by Crippen LogP contribution is -2.14. The molecule has 5 heteroatoms. The molecule has 0 radical (unpaired) electrons. The first kappa shape index (κ1) is 20.7. The van der Waals surface area contributed by atoms with E-state index in [0.29, 0.717) is 24.3 Å². The van der Waals surface area contributed by atoms with Gasteiger partial charge in [0.15, 0.2) is 5.78 Å². The summed E-state index contributed by atoms with van der Waals surface area (Å²) in [5, 5.41) is 2.92. The van der Waals surface area contributed by atoms with E-state index >= 15 is 0 Å². The number of carbonyl (C=O) groups excluding carboxylic acids is 2. The molecular weight excluding hydrogens is 382 g/mol. The number of Topliss-reactive ketones (excluding diaryl/α,β-unsaturated/α-hetero) is 1. The Balaban J connectivity index is 1.54. The van der Waals surface area contributed by atoms with E-state index in [1.165, 1.54) is 11.8 Å². The molecule has 29 heavy (non-hydrogen) atoms. The Hall–Kier alpha value is -3.05. The highest BCUT2D eigenvalue weighted by atomic mass is 32.2. The van der Waals surface area contributed by atoms with Gasteiger partial charge in [-0.1, -0.05) is 36.4 Å². The molecule has 0 fully saturated rings. The quantitative estimate of drug-likeness (QED) is 0.391. The number of amides is 1. The predicted molar refractivity (Wildman–Crippen MR) is 118 cm³/mol. The van der Waals surface area contributed by atoms with Gasteiger partial charge in [-0.05, 0) is 55.0 Å². The third-order valence-electron chi connectivity index (χ3n) is 4.18. The number of hydrogen-bond acceptors (Lipinski definition) is 4. The molecule has 3 rings (SSSR count). The van der Waals surface area contributed by atoms with Crippen molar-refractivity contribution in [3.63, 3.8) is 0 Å². The number of thioether (sulfide) groups is 1. The minimum atomic E-state index is -0.0659. The fourth-order valence-electron chi connectivity index (χ4n) is 2.79. The fourth-order valence-corrected chi connectivity index (χ4v) is 3.64. The van der Waals surface area contributed by atoms with Gasteiger partial charge in [0.05, 0.1) is 18.8 Å². The van der Waals surface area contributed by atoms with Gasteiger partial charge in [-0.15, -0.1) is 11.8 Å². The molecular formula is C24H23NO3S. The molecule has 0 aliphatic carbocycles. The molecule has 0 aliphatic rings. The van der Waals surface area contributed by atoms with Crippen molar-refractivity contribution < 1.29 is 14.3 Å². The fraction of sp³-hybridized carbons (Fsp3) is 0.167. The second-order valence-electron chi connectivity index (χ2n) is 6.41. The normalized spacial score (nSPS) is 10.4. The van der Waals surface area contributed by atoms with Crippen molar-refractivity contribution in [2.75, 3.05) is 17.7 Å². The van der Waals surface area contributed by atoms with Crippen LogP contribution in [0.5, 0.6) is 5.75 Å². The number of ketones is 1. The maximum atomic E-state index is 12.4. The van der Waals surface area contributed by atoms with Crippen molar-refractivity contribution in [2.24, 2.45) is 0 Å². The topological polar surface area (TPSA) is 55.4 Å². The van der Waals surface area contributed by atoms with Gasteiger partial charge in [0.1, 0.15) is 5.75 Å². The lowest BCUT2D eigenvalue weighted by Gasteiger charge is -2.08. The van der Waals surface area contributed by atoms with Crippen molar-refractivity contribution in [1.82, 2.24) is 0 Å². The molecule has 0 aliphatic heterocycles. The summed E-state index contributed by atoms with van der Waals surface area (Å²) >= 11 is 1.45. The van der Waals surface area contributed by atoms with Crippen LogP contribution in [0.2, 0.25) is 0 Å². The van der Waals surface area contributed by atoms with Crippen LogP contribution in [0.15, 0.2) is 83.8 Å². The highest BCUT2D eigenvalue weighted by Gasteiger charge is 2.09. The monoisotopic (exact) mass is 405 g/mol. The summed E-state index contributed by atoms with van der Waals surface area (Å²) in [6.45, 7) is 2.52. The van der Waals surface area contributed by atoms with Gasteiger partial charge < -0.3 is 10.1 Å². The van der Waals surface area contributed by atoms with Crippen LogP contribution in [0, 0.1) is 0 Å². The molecule has 0 unspecified atom stereocenters. The van der Waals surface area contributed by atoms with Crippen molar-refractivity contribution in [3.8, 4) is 5.75 Å². The first-order chi connectivity index (χ1) is 14.1. The average Bonchev–Trinajstić information content (AvgIpc) is 2.74. The molecule has 0 aromatic heterocycles. The molecule has 0 spiro atoms. The summed E-state index contributed by atoms with van der Waals surface area (Å²) in [7, 11) is 0. The van der Waals surface area contributed by atoms with E-state index in [2.05, 4.69) is 5.32 Å². The highest BCUT2D eigenvalue weighted by Crippen LogP contribution is 2.23. The van der Waals surface area contributed by atoms with E-state index in [9.17, 15) is 9.59 Å². The van der Waals surface area contributed by atoms with Crippen molar-refractivity contribution in [3.05, 3.63) is 90.0 Å². The third kappa shape index (κ3) is 6.50. The summed E-state index contributed by atoms with van der Waals surface area (Å²) in [6.07, 6.45) is 0.328. The Morgan fingerprint density at radius 2 is 1.69 bits per heavy atom. The SMILES string of the molecule is CCOc1ccc(C(=O)CSc2cccc(NC(=O)Cc3ccccc3)c2)cc1. The molecule has 4 nitrogen and oxygen atoms in total. The van der Waals surface area contributed by atoms with Gasteiger partial charge in [0, 0.05) is 16.1 Å². The molecule has 3 aromatic rings. The van der Waals surface area contributed by atoms with Gasteiger partial charge in [0.2, 0.25) is 5.91 Å². The summed E-state index contributed by atoms with van der Waals surface area (Å²) in [5.74, 6) is 1.08. The first-order valence-corrected chi connectivity index (χ1v) is 10.5. The van der Waals surface area contributed by atoms with Gasteiger partial charge >= 0.3 is 0 Å². The van der Waals surface area contributed by atoms with E-state index in [4.69, 9.17) is 4.74 Å². The minimum absolute atomic E-state index is 0.0524. The van der Waals surface area contributed by atoms with Crippen molar-refractivity contribution in [1.29, 1.82) is 0 Å². The zero-order valence-electron chi connectivity index (χ0n) is 16.3. The highest BCUT2D eigenvalue weighted by molar-refractivity contribution is 8.00.